The first kappa shape index (κ1) is 15.6. The van der Waals surface area contributed by atoms with E-state index in [-0.39, 0.29) is 17.4 Å². The van der Waals surface area contributed by atoms with E-state index >= 15 is 0 Å². The van der Waals surface area contributed by atoms with Gasteiger partial charge in [0.15, 0.2) is 11.5 Å². The summed E-state index contributed by atoms with van der Waals surface area (Å²) in [6, 6.07) is 6.36. The zero-order valence-corrected chi connectivity index (χ0v) is 13.1. The highest BCUT2D eigenvalue weighted by atomic mass is 19.3. The molecule has 3 aromatic heterocycles. The molecule has 3 aromatic rings. The van der Waals surface area contributed by atoms with Crippen LogP contribution in [0.1, 0.15) is 25.0 Å². The lowest BCUT2D eigenvalue weighted by Gasteiger charge is -2.14. The van der Waals surface area contributed by atoms with Crippen LogP contribution in [-0.2, 0) is 0 Å². The summed E-state index contributed by atoms with van der Waals surface area (Å²) in [5.41, 5.74) is 0.649. The number of nitrogens with zero attached hydrogens (tertiary/aromatic N) is 6. The normalized spacial score (nSPS) is 14.4. The van der Waals surface area contributed by atoms with Gasteiger partial charge in [0.05, 0.1) is 0 Å². The molecular formula is C16H14F2N6O. The summed E-state index contributed by atoms with van der Waals surface area (Å²) in [6.45, 7) is 1.97. The number of anilines is 1. The van der Waals surface area contributed by atoms with Gasteiger partial charge < -0.3 is 9.42 Å². The summed E-state index contributed by atoms with van der Waals surface area (Å²) in [6.07, 6.45) is 1.00. The Bertz CT molecular complexity index is 844. The number of alkyl halides is 2. The van der Waals surface area contributed by atoms with E-state index in [9.17, 15) is 8.78 Å². The summed E-state index contributed by atoms with van der Waals surface area (Å²) < 4.78 is 30.3. The Morgan fingerprint density at radius 1 is 1.04 bits per heavy atom. The van der Waals surface area contributed by atoms with Gasteiger partial charge in [0.25, 0.3) is 12.3 Å². The van der Waals surface area contributed by atoms with E-state index in [2.05, 4.69) is 30.2 Å². The maximum atomic E-state index is 12.5. The minimum absolute atomic E-state index is 0.216. The number of pyridine rings is 1. The molecule has 0 atom stereocenters. The lowest BCUT2D eigenvalue weighted by molar-refractivity contribution is 0.146. The quantitative estimate of drug-likeness (QED) is 0.719. The highest BCUT2D eigenvalue weighted by molar-refractivity contribution is 5.57. The van der Waals surface area contributed by atoms with Gasteiger partial charge in [0.1, 0.15) is 5.69 Å². The standard InChI is InChI=1S/C16H14F2N6O/c17-14(18)11-4-3-10(9-19-11)15-20-16(25-23-15)12-5-6-13(22-21-12)24-7-1-2-8-24/h3-6,9,14H,1-2,7-8H2. The lowest BCUT2D eigenvalue weighted by atomic mass is 10.2. The monoisotopic (exact) mass is 344 g/mol. The van der Waals surface area contributed by atoms with Crippen molar-refractivity contribution in [3.63, 3.8) is 0 Å². The van der Waals surface area contributed by atoms with E-state index in [1.165, 1.54) is 18.3 Å². The molecule has 0 N–H and O–H groups in total. The second-order valence-electron chi connectivity index (χ2n) is 5.67. The van der Waals surface area contributed by atoms with Crippen LogP contribution in [-0.4, -0.2) is 38.4 Å². The lowest BCUT2D eigenvalue weighted by Crippen LogP contribution is -2.19. The van der Waals surface area contributed by atoms with Gasteiger partial charge in [-0.2, -0.15) is 4.98 Å². The van der Waals surface area contributed by atoms with Crippen molar-refractivity contribution in [2.24, 2.45) is 0 Å². The SMILES string of the molecule is FC(F)c1ccc(-c2noc(-c3ccc(N4CCCC4)nn3)n2)cn1. The Morgan fingerprint density at radius 2 is 1.88 bits per heavy atom. The minimum Gasteiger partial charge on any atom is -0.355 e. The van der Waals surface area contributed by atoms with E-state index in [4.69, 9.17) is 4.52 Å². The van der Waals surface area contributed by atoms with Gasteiger partial charge in [0.2, 0.25) is 5.82 Å². The topological polar surface area (TPSA) is 80.8 Å². The summed E-state index contributed by atoms with van der Waals surface area (Å²) in [4.78, 5) is 10.1. The van der Waals surface area contributed by atoms with Crippen LogP contribution in [0.3, 0.4) is 0 Å². The Labute approximate surface area is 141 Å². The van der Waals surface area contributed by atoms with Crippen LogP contribution in [0.2, 0.25) is 0 Å². The largest absolute Gasteiger partial charge is 0.355 e. The molecular weight excluding hydrogens is 330 g/mol. The first-order chi connectivity index (χ1) is 12.2. The first-order valence-electron chi connectivity index (χ1n) is 7.88. The third-order valence-electron chi connectivity index (χ3n) is 3.99. The van der Waals surface area contributed by atoms with Crippen LogP contribution < -0.4 is 4.90 Å². The smallest absolute Gasteiger partial charge is 0.280 e. The third kappa shape index (κ3) is 3.17. The van der Waals surface area contributed by atoms with Crippen molar-refractivity contribution < 1.29 is 13.3 Å². The highest BCUT2D eigenvalue weighted by Crippen LogP contribution is 2.24. The van der Waals surface area contributed by atoms with Gasteiger partial charge in [0, 0.05) is 24.8 Å². The van der Waals surface area contributed by atoms with Crippen molar-refractivity contribution in [1.82, 2.24) is 25.3 Å². The molecule has 0 aliphatic carbocycles. The summed E-state index contributed by atoms with van der Waals surface area (Å²) in [5.74, 6) is 1.30. The van der Waals surface area contributed by atoms with Crippen LogP contribution in [0.25, 0.3) is 23.0 Å². The molecule has 9 heteroatoms. The highest BCUT2D eigenvalue weighted by Gasteiger charge is 2.17. The van der Waals surface area contributed by atoms with Gasteiger partial charge >= 0.3 is 0 Å². The maximum absolute atomic E-state index is 12.5. The molecule has 1 aliphatic rings. The number of aromatic nitrogens is 5. The average Bonchev–Trinajstić information content (AvgIpc) is 3.34. The Hall–Kier alpha value is -2.97. The van der Waals surface area contributed by atoms with Gasteiger partial charge in [-0.1, -0.05) is 5.16 Å². The molecule has 0 aromatic carbocycles. The third-order valence-corrected chi connectivity index (χ3v) is 3.99. The molecule has 1 saturated heterocycles. The summed E-state index contributed by atoms with van der Waals surface area (Å²) in [7, 11) is 0. The van der Waals surface area contributed by atoms with Gasteiger partial charge in [-0.15, -0.1) is 10.2 Å². The molecule has 128 valence electrons. The summed E-state index contributed by atoms with van der Waals surface area (Å²) in [5, 5.41) is 12.2. The van der Waals surface area contributed by atoms with Crippen molar-refractivity contribution in [2.75, 3.05) is 18.0 Å². The van der Waals surface area contributed by atoms with Crippen molar-refractivity contribution in [1.29, 1.82) is 0 Å². The van der Waals surface area contributed by atoms with E-state index in [0.717, 1.165) is 31.7 Å². The van der Waals surface area contributed by atoms with Gasteiger partial charge in [-0.25, -0.2) is 8.78 Å². The molecule has 25 heavy (non-hydrogen) atoms. The molecule has 1 fully saturated rings. The average molecular weight is 344 g/mol. The van der Waals surface area contributed by atoms with Crippen molar-refractivity contribution in [3.8, 4) is 23.0 Å². The molecule has 0 spiro atoms. The van der Waals surface area contributed by atoms with Crippen LogP contribution >= 0.6 is 0 Å². The predicted octanol–water partition coefficient (Wildman–Crippen LogP) is 3.13. The molecule has 0 amide bonds. The molecule has 0 bridgehead atoms. The van der Waals surface area contributed by atoms with Crippen LogP contribution in [0.4, 0.5) is 14.6 Å². The van der Waals surface area contributed by atoms with Crippen molar-refractivity contribution >= 4 is 5.82 Å². The predicted molar refractivity (Wildman–Crippen MR) is 85.0 cm³/mol. The van der Waals surface area contributed by atoms with Gasteiger partial charge in [-0.3, -0.25) is 4.98 Å². The fourth-order valence-electron chi connectivity index (χ4n) is 2.67. The van der Waals surface area contributed by atoms with Crippen LogP contribution in [0.15, 0.2) is 35.0 Å². The fraction of sp³-hybridized carbons (Fsp3) is 0.312. The number of rotatable bonds is 4. The molecule has 0 radical (unpaired) electrons. The molecule has 4 heterocycles. The van der Waals surface area contributed by atoms with Crippen LogP contribution in [0, 0.1) is 0 Å². The zero-order valence-electron chi connectivity index (χ0n) is 13.1. The molecule has 0 unspecified atom stereocenters. The first-order valence-corrected chi connectivity index (χ1v) is 7.88. The second-order valence-corrected chi connectivity index (χ2v) is 5.67. The van der Waals surface area contributed by atoms with E-state index in [1.807, 2.05) is 6.07 Å². The van der Waals surface area contributed by atoms with E-state index < -0.39 is 6.43 Å². The molecule has 0 saturated carbocycles. The Kier molecular flexibility index (Phi) is 4.04. The molecule has 7 nitrogen and oxygen atoms in total. The number of hydrogen-bond acceptors (Lipinski definition) is 7. The zero-order chi connectivity index (χ0) is 17.2. The van der Waals surface area contributed by atoms with Crippen molar-refractivity contribution in [2.45, 2.75) is 19.3 Å². The van der Waals surface area contributed by atoms with E-state index in [0.29, 0.717) is 11.3 Å². The number of halogens is 2. The minimum atomic E-state index is -2.61. The molecule has 4 rings (SSSR count). The van der Waals surface area contributed by atoms with E-state index in [1.54, 1.807) is 6.07 Å². The summed E-state index contributed by atoms with van der Waals surface area (Å²) >= 11 is 0. The van der Waals surface area contributed by atoms with Gasteiger partial charge in [-0.05, 0) is 37.1 Å². The Balaban J connectivity index is 1.54. The van der Waals surface area contributed by atoms with Crippen LogP contribution in [0.5, 0.6) is 0 Å². The molecule has 1 aliphatic heterocycles. The fourth-order valence-corrected chi connectivity index (χ4v) is 2.67. The maximum Gasteiger partial charge on any atom is 0.280 e. The second kappa shape index (κ2) is 6.50. The van der Waals surface area contributed by atoms with Crippen molar-refractivity contribution in [3.05, 3.63) is 36.2 Å². The Morgan fingerprint density at radius 3 is 2.52 bits per heavy atom. The number of hydrogen-bond donors (Lipinski definition) is 0.